The minimum absolute atomic E-state index is 0.152. The first-order chi connectivity index (χ1) is 8.26. The molecule has 0 atom stereocenters. The van der Waals surface area contributed by atoms with Gasteiger partial charge in [0.25, 0.3) is 0 Å². The van der Waals surface area contributed by atoms with Crippen molar-refractivity contribution in [3.05, 3.63) is 0 Å². The van der Waals surface area contributed by atoms with Crippen LogP contribution in [0.1, 0.15) is 32.1 Å². The molecule has 2 rings (SSSR count). The number of ether oxygens (including phenoxy) is 1. The topological polar surface area (TPSA) is 50.4 Å². The van der Waals surface area contributed by atoms with Crippen LogP contribution in [0.4, 0.5) is 0 Å². The number of nitrogens with one attached hydrogen (secondary N) is 2. The van der Waals surface area contributed by atoms with E-state index >= 15 is 0 Å². The number of hydrogen-bond acceptors (Lipinski definition) is 3. The number of hydrogen-bond donors (Lipinski definition) is 2. The van der Waals surface area contributed by atoms with Gasteiger partial charge in [-0.2, -0.15) is 0 Å². The monoisotopic (exact) mass is 240 g/mol. The van der Waals surface area contributed by atoms with Crippen molar-refractivity contribution in [1.82, 2.24) is 10.6 Å². The summed E-state index contributed by atoms with van der Waals surface area (Å²) in [5, 5.41) is 6.50. The Morgan fingerprint density at radius 1 is 1.41 bits per heavy atom. The molecule has 2 aliphatic rings. The average molecular weight is 240 g/mol. The first-order valence-electron chi connectivity index (χ1n) is 6.73. The van der Waals surface area contributed by atoms with E-state index in [2.05, 4.69) is 10.6 Å². The maximum Gasteiger partial charge on any atom is 0.223 e. The second kappa shape index (κ2) is 5.83. The highest BCUT2D eigenvalue weighted by atomic mass is 16.5. The molecular formula is C13H24N2O2. The Labute approximate surface area is 103 Å². The van der Waals surface area contributed by atoms with Crippen LogP contribution in [0.15, 0.2) is 0 Å². The van der Waals surface area contributed by atoms with Gasteiger partial charge in [-0.1, -0.05) is 6.42 Å². The lowest BCUT2D eigenvalue weighted by Crippen LogP contribution is -2.48. The summed E-state index contributed by atoms with van der Waals surface area (Å²) in [5.41, 5.74) is 0.152. The van der Waals surface area contributed by atoms with Crippen molar-refractivity contribution in [2.24, 2.45) is 11.3 Å². The summed E-state index contributed by atoms with van der Waals surface area (Å²) in [6.45, 7) is 3.59. The first-order valence-corrected chi connectivity index (χ1v) is 6.73. The van der Waals surface area contributed by atoms with E-state index in [1.165, 1.54) is 6.42 Å². The number of methoxy groups -OCH3 is 1. The number of carbonyl (C=O) groups excluding carboxylic acids is 1. The van der Waals surface area contributed by atoms with Gasteiger partial charge in [0.1, 0.15) is 0 Å². The number of rotatable bonds is 5. The van der Waals surface area contributed by atoms with Crippen LogP contribution in [-0.2, 0) is 9.53 Å². The fourth-order valence-electron chi connectivity index (χ4n) is 2.72. The Balaban J connectivity index is 1.81. The third-order valence-corrected chi connectivity index (χ3v) is 4.23. The van der Waals surface area contributed by atoms with Crippen LogP contribution in [0.2, 0.25) is 0 Å². The van der Waals surface area contributed by atoms with Crippen molar-refractivity contribution in [3.8, 4) is 0 Å². The largest absolute Gasteiger partial charge is 0.384 e. The zero-order valence-electron chi connectivity index (χ0n) is 10.8. The molecule has 0 aromatic heterocycles. The quantitative estimate of drug-likeness (QED) is 0.751. The van der Waals surface area contributed by atoms with Gasteiger partial charge in [0.15, 0.2) is 0 Å². The molecule has 0 aromatic rings. The van der Waals surface area contributed by atoms with Gasteiger partial charge in [-0.05, 0) is 38.8 Å². The van der Waals surface area contributed by atoms with Gasteiger partial charge in [0, 0.05) is 25.0 Å². The molecule has 1 saturated carbocycles. The molecule has 4 heteroatoms. The normalized spacial score (nSPS) is 24.1. The standard InChI is InChI=1S/C13H24N2O2/c1-17-10-13(5-7-14-8-6-13)9-15-12(16)11-3-2-4-11/h11,14H,2-10H2,1H3,(H,15,16). The molecule has 1 heterocycles. The van der Waals surface area contributed by atoms with Crippen LogP contribution >= 0.6 is 0 Å². The van der Waals surface area contributed by atoms with Gasteiger partial charge in [-0.15, -0.1) is 0 Å². The molecule has 1 amide bonds. The highest BCUT2D eigenvalue weighted by molar-refractivity contribution is 5.79. The molecule has 1 aliphatic heterocycles. The van der Waals surface area contributed by atoms with Crippen molar-refractivity contribution < 1.29 is 9.53 Å². The summed E-state index contributed by atoms with van der Waals surface area (Å²) in [6, 6.07) is 0. The molecule has 0 radical (unpaired) electrons. The molecule has 0 aromatic carbocycles. The summed E-state index contributed by atoms with van der Waals surface area (Å²) < 4.78 is 5.34. The van der Waals surface area contributed by atoms with E-state index in [0.717, 1.165) is 51.9 Å². The third-order valence-electron chi connectivity index (χ3n) is 4.23. The van der Waals surface area contributed by atoms with E-state index < -0.39 is 0 Å². The van der Waals surface area contributed by atoms with Crippen molar-refractivity contribution in [1.29, 1.82) is 0 Å². The Morgan fingerprint density at radius 2 is 2.12 bits per heavy atom. The number of carbonyl (C=O) groups is 1. The Hall–Kier alpha value is -0.610. The van der Waals surface area contributed by atoms with Crippen LogP contribution in [0.25, 0.3) is 0 Å². The molecule has 2 fully saturated rings. The van der Waals surface area contributed by atoms with Crippen LogP contribution < -0.4 is 10.6 Å². The highest BCUT2D eigenvalue weighted by Crippen LogP contribution is 2.30. The molecule has 17 heavy (non-hydrogen) atoms. The van der Waals surface area contributed by atoms with Crippen LogP contribution in [0.5, 0.6) is 0 Å². The van der Waals surface area contributed by atoms with Gasteiger partial charge < -0.3 is 15.4 Å². The van der Waals surface area contributed by atoms with Gasteiger partial charge >= 0.3 is 0 Å². The summed E-state index contributed by atoms with van der Waals surface area (Å²) in [7, 11) is 1.75. The van der Waals surface area contributed by atoms with E-state index in [4.69, 9.17) is 4.74 Å². The van der Waals surface area contributed by atoms with Crippen LogP contribution in [-0.4, -0.2) is 39.3 Å². The second-order valence-electron chi connectivity index (χ2n) is 5.53. The predicted octanol–water partition coefficient (Wildman–Crippen LogP) is 0.919. The minimum atomic E-state index is 0.152. The highest BCUT2D eigenvalue weighted by Gasteiger charge is 2.34. The number of amides is 1. The molecule has 1 saturated heterocycles. The molecular weight excluding hydrogens is 216 g/mol. The summed E-state index contributed by atoms with van der Waals surface area (Å²) in [6.07, 6.45) is 5.54. The van der Waals surface area contributed by atoms with E-state index in [1.807, 2.05) is 0 Å². The van der Waals surface area contributed by atoms with Crippen molar-refractivity contribution >= 4 is 5.91 Å². The average Bonchev–Trinajstić information content (AvgIpc) is 2.26. The van der Waals surface area contributed by atoms with E-state index in [0.29, 0.717) is 0 Å². The van der Waals surface area contributed by atoms with E-state index in [-0.39, 0.29) is 17.2 Å². The van der Waals surface area contributed by atoms with Gasteiger partial charge in [-0.3, -0.25) is 4.79 Å². The lowest BCUT2D eigenvalue weighted by atomic mass is 9.79. The predicted molar refractivity (Wildman–Crippen MR) is 66.8 cm³/mol. The van der Waals surface area contributed by atoms with Crippen molar-refractivity contribution in [2.45, 2.75) is 32.1 Å². The zero-order valence-corrected chi connectivity index (χ0v) is 10.8. The van der Waals surface area contributed by atoms with Gasteiger partial charge in [0.05, 0.1) is 6.61 Å². The fraction of sp³-hybridized carbons (Fsp3) is 0.923. The number of piperidine rings is 1. The van der Waals surface area contributed by atoms with Crippen LogP contribution in [0.3, 0.4) is 0 Å². The second-order valence-corrected chi connectivity index (χ2v) is 5.53. The molecule has 98 valence electrons. The minimum Gasteiger partial charge on any atom is -0.384 e. The maximum absolute atomic E-state index is 11.8. The lowest BCUT2D eigenvalue weighted by Gasteiger charge is -2.38. The Morgan fingerprint density at radius 3 is 2.65 bits per heavy atom. The zero-order chi connectivity index (χ0) is 12.1. The van der Waals surface area contributed by atoms with Crippen molar-refractivity contribution in [2.75, 3.05) is 33.4 Å². The molecule has 1 aliphatic carbocycles. The fourth-order valence-corrected chi connectivity index (χ4v) is 2.72. The molecule has 4 nitrogen and oxygen atoms in total. The SMILES string of the molecule is COCC1(CNC(=O)C2CCC2)CCNCC1. The maximum atomic E-state index is 11.8. The summed E-state index contributed by atoms with van der Waals surface area (Å²) in [5.74, 6) is 0.543. The van der Waals surface area contributed by atoms with E-state index in [9.17, 15) is 4.79 Å². The molecule has 2 N–H and O–H groups in total. The van der Waals surface area contributed by atoms with Crippen molar-refractivity contribution in [3.63, 3.8) is 0 Å². The van der Waals surface area contributed by atoms with Crippen LogP contribution in [0, 0.1) is 11.3 Å². The third kappa shape index (κ3) is 3.19. The molecule has 0 unspecified atom stereocenters. The molecule has 0 spiro atoms. The Bertz CT molecular complexity index is 253. The van der Waals surface area contributed by atoms with E-state index in [1.54, 1.807) is 7.11 Å². The smallest absolute Gasteiger partial charge is 0.223 e. The molecule has 0 bridgehead atoms. The van der Waals surface area contributed by atoms with Gasteiger partial charge in [0.2, 0.25) is 5.91 Å². The summed E-state index contributed by atoms with van der Waals surface area (Å²) in [4.78, 5) is 11.8. The lowest BCUT2D eigenvalue weighted by molar-refractivity contribution is -0.128. The summed E-state index contributed by atoms with van der Waals surface area (Å²) >= 11 is 0. The van der Waals surface area contributed by atoms with Gasteiger partial charge in [-0.25, -0.2) is 0 Å². The first kappa shape index (κ1) is 12.8. The Kier molecular flexibility index (Phi) is 4.40.